The molecule has 0 aromatic carbocycles. The van der Waals surface area contributed by atoms with E-state index in [9.17, 15) is 48.3 Å². The van der Waals surface area contributed by atoms with Crippen LogP contribution in [-0.2, 0) is 109 Å². The van der Waals surface area contributed by atoms with E-state index in [1.165, 1.54) is 0 Å². The summed E-state index contributed by atoms with van der Waals surface area (Å²) in [5.74, 6) is -8.09. The molecule has 14 atom stereocenters. The lowest BCUT2D eigenvalue weighted by atomic mass is 9.95. The molecule has 0 radical (unpaired) electrons. The highest BCUT2D eigenvalue weighted by atomic mass is 16.8. The van der Waals surface area contributed by atoms with E-state index in [0.717, 1.165) is 62.3 Å². The Morgan fingerprint density at radius 1 is 0.400 bits per heavy atom. The van der Waals surface area contributed by atoms with Gasteiger partial charge in [0.15, 0.2) is 49.4 Å². The van der Waals surface area contributed by atoms with E-state index < -0.39 is 160 Å². The van der Waals surface area contributed by atoms with Crippen molar-refractivity contribution < 1.29 is 115 Å². The molecule has 3 saturated heterocycles. The molecule has 3 rings (SSSR count). The lowest BCUT2D eigenvalue weighted by molar-refractivity contribution is -0.373. The summed E-state index contributed by atoms with van der Waals surface area (Å²) in [5.41, 5.74) is 0. The van der Waals surface area contributed by atoms with Gasteiger partial charge in [-0.25, -0.2) is 0 Å². The Balaban J connectivity index is 2.22. The van der Waals surface area contributed by atoms with E-state index >= 15 is 0 Å². The fraction of sp³-hybridized carbons (Fsp3) is 0.750. The molecule has 3 heterocycles. The van der Waals surface area contributed by atoms with E-state index in [1.807, 2.05) is 0 Å². The summed E-state index contributed by atoms with van der Waals surface area (Å²) in [5, 5.41) is 10.4. The number of ether oxygens (including phenoxy) is 14. The van der Waals surface area contributed by atoms with Gasteiger partial charge in [0.1, 0.15) is 56.4 Å². The summed E-state index contributed by atoms with van der Waals surface area (Å²) >= 11 is 0. The van der Waals surface area contributed by atoms with Crippen LogP contribution in [0.2, 0.25) is 0 Å². The van der Waals surface area contributed by atoms with Gasteiger partial charge in [0, 0.05) is 68.7 Å². The van der Waals surface area contributed by atoms with Gasteiger partial charge in [-0.3, -0.25) is 43.2 Å². The molecule has 0 spiro atoms. The van der Waals surface area contributed by atoms with Crippen LogP contribution in [0.1, 0.15) is 68.7 Å². The minimum Gasteiger partial charge on any atom is -0.463 e. The Kier molecular flexibility index (Phi) is 18.5. The SMILES string of the molecule is CC(=O)OC[C@H]1OC(O)C[C@@H](OC(C)=O)[C@@H]1O[C@H]1O[C@H](COC(C)=O)[C@@H](O[C@H]2O[C@H](COC(C)=O)[C@@H](OC(C)=O)[C@H](OC(C)=O)[C@H]2OC(C)=O)[C@H](OC(C)=O)[C@H]1OC(C)=O. The van der Waals surface area contributed by atoms with E-state index in [2.05, 4.69) is 0 Å². The topological polar surface area (TPSA) is 303 Å². The molecule has 3 fully saturated rings. The maximum Gasteiger partial charge on any atom is 0.303 e. The molecule has 338 valence electrons. The Morgan fingerprint density at radius 3 is 1.10 bits per heavy atom. The van der Waals surface area contributed by atoms with Crippen LogP contribution in [0, 0.1) is 0 Å². The van der Waals surface area contributed by atoms with Gasteiger partial charge in [-0.15, -0.1) is 0 Å². The highest BCUT2D eigenvalue weighted by Gasteiger charge is 2.58. The second-order valence-corrected chi connectivity index (χ2v) is 13.6. The third-order valence-corrected chi connectivity index (χ3v) is 8.44. The van der Waals surface area contributed by atoms with Crippen molar-refractivity contribution in [1.82, 2.24) is 0 Å². The molecule has 0 saturated carbocycles. The maximum atomic E-state index is 12.8. The standard InChI is InChI=1S/C36H50O24/c1-14(37)47-11-24-28(23(50-17(4)40)10-27(46)56-24)59-35-34(55-22(9)45)32(53-20(7)43)30(26(58-35)13-49-16(3)39)60-36-33(54-21(8)44)31(52-19(6)42)29(51-18(5)41)25(57-36)12-48-15(2)38/h23-36,46H,10-13H2,1-9H3/t23-,24-,25-,26-,27?,28+,29-,30-,31+,32+,33-,34-,35-,36-/m1/s1. The Labute approximate surface area is 342 Å². The van der Waals surface area contributed by atoms with Crippen molar-refractivity contribution in [3.63, 3.8) is 0 Å². The summed E-state index contributed by atoms with van der Waals surface area (Å²) in [4.78, 5) is 111. The van der Waals surface area contributed by atoms with E-state index in [1.54, 1.807) is 0 Å². The Hall–Kier alpha value is -5.01. The lowest BCUT2D eigenvalue weighted by Crippen LogP contribution is -2.68. The average Bonchev–Trinajstić information content (AvgIpc) is 3.10. The molecule has 60 heavy (non-hydrogen) atoms. The molecule has 24 nitrogen and oxygen atoms in total. The summed E-state index contributed by atoms with van der Waals surface area (Å²) in [6.45, 7) is 7.29. The molecule has 3 aliphatic heterocycles. The minimum atomic E-state index is -1.93. The van der Waals surface area contributed by atoms with Crippen LogP contribution >= 0.6 is 0 Å². The number of hydrogen-bond donors (Lipinski definition) is 1. The van der Waals surface area contributed by atoms with Gasteiger partial charge in [0.05, 0.1) is 0 Å². The normalized spacial score (nSPS) is 32.5. The fourth-order valence-electron chi connectivity index (χ4n) is 6.48. The first-order chi connectivity index (χ1) is 28.1. The predicted molar refractivity (Wildman–Crippen MR) is 186 cm³/mol. The number of carbonyl (C=O) groups excluding carboxylic acids is 9. The number of hydrogen-bond acceptors (Lipinski definition) is 24. The average molecular weight is 867 g/mol. The summed E-state index contributed by atoms with van der Waals surface area (Å²) in [6, 6.07) is 0. The van der Waals surface area contributed by atoms with Crippen LogP contribution in [0.5, 0.6) is 0 Å². The van der Waals surface area contributed by atoms with E-state index in [0.29, 0.717) is 0 Å². The second kappa shape index (κ2) is 22.6. The highest BCUT2D eigenvalue weighted by Crippen LogP contribution is 2.37. The van der Waals surface area contributed by atoms with E-state index in [4.69, 9.17) is 66.3 Å². The van der Waals surface area contributed by atoms with Gasteiger partial charge in [-0.2, -0.15) is 0 Å². The maximum absolute atomic E-state index is 12.8. The Bertz CT molecular complexity index is 1580. The van der Waals surface area contributed by atoms with Crippen molar-refractivity contribution in [3.05, 3.63) is 0 Å². The molecule has 1 unspecified atom stereocenters. The minimum absolute atomic E-state index is 0.370. The molecule has 1 N–H and O–H groups in total. The van der Waals surface area contributed by atoms with Crippen LogP contribution in [0.3, 0.4) is 0 Å². The van der Waals surface area contributed by atoms with Crippen molar-refractivity contribution in [3.8, 4) is 0 Å². The molecule has 0 aromatic rings. The number of aliphatic hydroxyl groups is 1. The van der Waals surface area contributed by atoms with Crippen molar-refractivity contribution in [1.29, 1.82) is 0 Å². The van der Waals surface area contributed by atoms with Gasteiger partial charge >= 0.3 is 53.7 Å². The molecule has 0 aliphatic carbocycles. The number of aliphatic hydroxyl groups excluding tert-OH is 1. The summed E-state index contributed by atoms with van der Waals surface area (Å²) < 4.78 is 78.9. The van der Waals surface area contributed by atoms with Crippen LogP contribution in [0.15, 0.2) is 0 Å². The zero-order chi connectivity index (χ0) is 45.0. The van der Waals surface area contributed by atoms with Gasteiger partial charge < -0.3 is 71.4 Å². The van der Waals surface area contributed by atoms with Crippen molar-refractivity contribution >= 4 is 53.7 Å². The number of rotatable bonds is 16. The Morgan fingerprint density at radius 2 is 0.717 bits per heavy atom. The monoisotopic (exact) mass is 866 g/mol. The van der Waals surface area contributed by atoms with Crippen LogP contribution in [0.4, 0.5) is 0 Å². The zero-order valence-electron chi connectivity index (χ0n) is 34.2. The fourth-order valence-corrected chi connectivity index (χ4v) is 6.48. The third kappa shape index (κ3) is 14.9. The third-order valence-electron chi connectivity index (χ3n) is 8.44. The van der Waals surface area contributed by atoms with Gasteiger partial charge in [0.2, 0.25) is 0 Å². The van der Waals surface area contributed by atoms with Gasteiger partial charge in [-0.1, -0.05) is 0 Å². The first-order valence-electron chi connectivity index (χ1n) is 18.4. The van der Waals surface area contributed by atoms with Crippen molar-refractivity contribution in [2.45, 2.75) is 155 Å². The molecular formula is C36H50O24. The molecular weight excluding hydrogens is 816 g/mol. The zero-order valence-corrected chi connectivity index (χ0v) is 34.2. The van der Waals surface area contributed by atoms with Crippen molar-refractivity contribution in [2.24, 2.45) is 0 Å². The molecule has 24 heteroatoms. The quantitative estimate of drug-likeness (QED) is 0.138. The van der Waals surface area contributed by atoms with Crippen LogP contribution < -0.4 is 0 Å². The van der Waals surface area contributed by atoms with Crippen LogP contribution in [0.25, 0.3) is 0 Å². The predicted octanol–water partition coefficient (Wildman–Crippen LogP) is -1.41. The first-order valence-corrected chi connectivity index (χ1v) is 18.4. The van der Waals surface area contributed by atoms with Crippen LogP contribution in [-0.4, -0.2) is 165 Å². The highest BCUT2D eigenvalue weighted by molar-refractivity contribution is 5.70. The largest absolute Gasteiger partial charge is 0.463 e. The van der Waals surface area contributed by atoms with Crippen molar-refractivity contribution in [2.75, 3.05) is 19.8 Å². The second-order valence-electron chi connectivity index (χ2n) is 13.6. The molecule has 3 aliphatic rings. The van der Waals surface area contributed by atoms with E-state index in [-0.39, 0.29) is 6.42 Å². The molecule has 0 amide bonds. The summed E-state index contributed by atoms with van der Waals surface area (Å²) in [7, 11) is 0. The van der Waals surface area contributed by atoms with Gasteiger partial charge in [-0.05, 0) is 0 Å². The lowest BCUT2D eigenvalue weighted by Gasteiger charge is -2.49. The van der Waals surface area contributed by atoms with Gasteiger partial charge in [0.25, 0.3) is 0 Å². The smallest absolute Gasteiger partial charge is 0.303 e. The summed E-state index contributed by atoms with van der Waals surface area (Å²) in [6.07, 6.45) is -23.5. The number of esters is 9. The first kappa shape index (κ1) is 49.4. The molecule has 0 aromatic heterocycles. The molecule has 0 bridgehead atoms. The number of carbonyl (C=O) groups is 9.